The van der Waals surface area contributed by atoms with Crippen LogP contribution in [0.15, 0.2) is 30.5 Å². The topological polar surface area (TPSA) is 80.4 Å². The fourth-order valence-corrected chi connectivity index (χ4v) is 2.00. The minimum absolute atomic E-state index is 0.0878. The molecule has 0 spiro atoms. The van der Waals surface area contributed by atoms with Crippen molar-refractivity contribution in [2.45, 2.75) is 13.5 Å². The lowest BCUT2D eigenvalue weighted by Crippen LogP contribution is -2.23. The van der Waals surface area contributed by atoms with Crippen LogP contribution in [0, 0.1) is 0 Å². The highest BCUT2D eigenvalue weighted by molar-refractivity contribution is 5.99. The first kappa shape index (κ1) is 15.6. The van der Waals surface area contributed by atoms with E-state index in [0.717, 1.165) is 5.56 Å². The molecule has 0 aliphatic heterocycles. The van der Waals surface area contributed by atoms with Crippen LogP contribution in [0.25, 0.3) is 0 Å². The Kier molecular flexibility index (Phi) is 4.83. The number of nitrogens with one attached hydrogen (secondary N) is 2. The molecule has 1 amide bonds. The van der Waals surface area contributed by atoms with E-state index in [2.05, 4.69) is 10.3 Å². The number of Topliss-reactive ketones (excluding diaryl/α,β-unsaturated/α-hetero) is 1. The molecule has 0 fully saturated rings. The van der Waals surface area contributed by atoms with Crippen molar-refractivity contribution in [1.29, 1.82) is 0 Å². The van der Waals surface area contributed by atoms with Gasteiger partial charge in [-0.15, -0.1) is 0 Å². The van der Waals surface area contributed by atoms with Crippen LogP contribution in [0.5, 0.6) is 11.5 Å². The number of carbonyl (C=O) groups is 2. The minimum Gasteiger partial charge on any atom is -0.493 e. The molecule has 116 valence electrons. The van der Waals surface area contributed by atoms with Gasteiger partial charge in [-0.2, -0.15) is 0 Å². The van der Waals surface area contributed by atoms with E-state index in [1.165, 1.54) is 19.2 Å². The largest absolute Gasteiger partial charge is 0.493 e. The van der Waals surface area contributed by atoms with E-state index < -0.39 is 0 Å². The molecule has 22 heavy (non-hydrogen) atoms. The Morgan fingerprint density at radius 2 is 1.86 bits per heavy atom. The fourth-order valence-electron chi connectivity index (χ4n) is 2.00. The van der Waals surface area contributed by atoms with E-state index in [1.807, 2.05) is 6.07 Å². The molecule has 0 saturated carbocycles. The summed E-state index contributed by atoms with van der Waals surface area (Å²) >= 11 is 0. The van der Waals surface area contributed by atoms with Crippen molar-refractivity contribution in [3.63, 3.8) is 0 Å². The van der Waals surface area contributed by atoms with Crippen molar-refractivity contribution in [3.05, 3.63) is 47.3 Å². The summed E-state index contributed by atoms with van der Waals surface area (Å²) < 4.78 is 10.4. The number of aromatic amines is 1. The summed E-state index contributed by atoms with van der Waals surface area (Å²) in [5.41, 5.74) is 1.71. The molecule has 2 N–H and O–H groups in total. The number of amides is 1. The zero-order valence-electron chi connectivity index (χ0n) is 12.7. The number of aromatic nitrogens is 1. The summed E-state index contributed by atoms with van der Waals surface area (Å²) in [4.78, 5) is 26.0. The average Bonchev–Trinajstić information content (AvgIpc) is 3.02. The second kappa shape index (κ2) is 6.80. The molecular formula is C16H18N2O4. The Labute approximate surface area is 128 Å². The lowest BCUT2D eigenvalue weighted by atomic mass is 10.2. The van der Waals surface area contributed by atoms with Gasteiger partial charge in [0.05, 0.1) is 14.2 Å². The van der Waals surface area contributed by atoms with E-state index in [1.54, 1.807) is 26.4 Å². The maximum atomic E-state index is 12.0. The fraction of sp³-hybridized carbons (Fsp3) is 0.250. The first-order valence-electron chi connectivity index (χ1n) is 6.73. The highest BCUT2D eigenvalue weighted by Gasteiger charge is 2.11. The van der Waals surface area contributed by atoms with Gasteiger partial charge in [0, 0.05) is 18.3 Å². The number of ether oxygens (including phenoxy) is 2. The Hall–Kier alpha value is -2.76. The Morgan fingerprint density at radius 3 is 2.45 bits per heavy atom. The van der Waals surface area contributed by atoms with Crippen LogP contribution in [0.2, 0.25) is 0 Å². The van der Waals surface area contributed by atoms with Crippen molar-refractivity contribution >= 4 is 11.7 Å². The summed E-state index contributed by atoms with van der Waals surface area (Å²) in [5.74, 6) is 0.874. The summed E-state index contributed by atoms with van der Waals surface area (Å²) in [6, 6.07) is 6.96. The number of methoxy groups -OCH3 is 2. The molecule has 2 rings (SSSR count). The van der Waals surface area contributed by atoms with Gasteiger partial charge in [-0.1, -0.05) is 6.07 Å². The summed E-state index contributed by atoms with van der Waals surface area (Å²) in [6.45, 7) is 1.79. The molecule has 0 aliphatic carbocycles. The molecular weight excluding hydrogens is 284 g/mol. The number of carbonyl (C=O) groups excluding carboxylic acids is 2. The van der Waals surface area contributed by atoms with E-state index in [4.69, 9.17) is 9.47 Å². The predicted octanol–water partition coefficient (Wildman–Crippen LogP) is 2.16. The van der Waals surface area contributed by atoms with Crippen molar-refractivity contribution in [2.75, 3.05) is 14.2 Å². The SMILES string of the molecule is COc1ccc(CNC(=O)c2cc(C(C)=O)c[nH]2)cc1OC. The molecule has 2 aromatic rings. The number of benzene rings is 1. The van der Waals surface area contributed by atoms with Gasteiger partial charge in [-0.25, -0.2) is 0 Å². The van der Waals surface area contributed by atoms with Gasteiger partial charge in [0.25, 0.3) is 5.91 Å². The van der Waals surface area contributed by atoms with Crippen LogP contribution in [-0.4, -0.2) is 30.9 Å². The Balaban J connectivity index is 2.02. The molecule has 6 heteroatoms. The normalized spacial score (nSPS) is 10.1. The van der Waals surface area contributed by atoms with Crippen molar-refractivity contribution in [3.8, 4) is 11.5 Å². The Morgan fingerprint density at radius 1 is 1.14 bits per heavy atom. The number of hydrogen-bond acceptors (Lipinski definition) is 4. The molecule has 1 aromatic heterocycles. The van der Waals surface area contributed by atoms with Gasteiger partial charge in [-0.05, 0) is 30.7 Å². The lowest BCUT2D eigenvalue weighted by molar-refractivity contribution is 0.0946. The van der Waals surface area contributed by atoms with Crippen LogP contribution in [-0.2, 0) is 6.54 Å². The zero-order valence-corrected chi connectivity index (χ0v) is 12.7. The number of ketones is 1. The van der Waals surface area contributed by atoms with Crippen LogP contribution in [0.1, 0.15) is 33.3 Å². The quantitative estimate of drug-likeness (QED) is 0.801. The third kappa shape index (κ3) is 3.46. The van der Waals surface area contributed by atoms with Crippen molar-refractivity contribution < 1.29 is 19.1 Å². The highest BCUT2D eigenvalue weighted by Crippen LogP contribution is 2.27. The zero-order chi connectivity index (χ0) is 16.1. The molecule has 6 nitrogen and oxygen atoms in total. The van der Waals surface area contributed by atoms with Gasteiger partial charge < -0.3 is 19.8 Å². The highest BCUT2D eigenvalue weighted by atomic mass is 16.5. The summed E-state index contributed by atoms with van der Waals surface area (Å²) in [5, 5.41) is 2.78. The van der Waals surface area contributed by atoms with Gasteiger partial charge in [0.1, 0.15) is 5.69 Å². The first-order chi connectivity index (χ1) is 10.5. The second-order valence-corrected chi connectivity index (χ2v) is 4.73. The second-order valence-electron chi connectivity index (χ2n) is 4.73. The maximum absolute atomic E-state index is 12.0. The molecule has 0 saturated heterocycles. The average molecular weight is 302 g/mol. The number of H-pyrrole nitrogens is 1. The molecule has 0 radical (unpaired) electrons. The first-order valence-corrected chi connectivity index (χ1v) is 6.73. The van der Waals surface area contributed by atoms with E-state index >= 15 is 0 Å². The maximum Gasteiger partial charge on any atom is 0.267 e. The minimum atomic E-state index is -0.276. The van der Waals surface area contributed by atoms with Gasteiger partial charge in [0.2, 0.25) is 0 Å². The van der Waals surface area contributed by atoms with Crippen molar-refractivity contribution in [1.82, 2.24) is 10.3 Å². The standard InChI is InChI=1S/C16H18N2O4/c1-10(19)12-7-13(17-9-12)16(20)18-8-11-4-5-14(21-2)15(6-11)22-3/h4-7,9,17H,8H2,1-3H3,(H,18,20). The molecule has 1 aromatic carbocycles. The van der Waals surface area contributed by atoms with E-state index in [0.29, 0.717) is 29.3 Å². The third-order valence-corrected chi connectivity index (χ3v) is 3.24. The van der Waals surface area contributed by atoms with Gasteiger partial charge in [-0.3, -0.25) is 9.59 Å². The van der Waals surface area contributed by atoms with Crippen LogP contribution >= 0.6 is 0 Å². The third-order valence-electron chi connectivity index (χ3n) is 3.24. The smallest absolute Gasteiger partial charge is 0.267 e. The monoisotopic (exact) mass is 302 g/mol. The summed E-state index contributed by atoms with van der Waals surface area (Å²) in [6.07, 6.45) is 1.52. The van der Waals surface area contributed by atoms with Crippen molar-refractivity contribution in [2.24, 2.45) is 0 Å². The predicted molar refractivity (Wildman–Crippen MR) is 81.5 cm³/mol. The molecule has 0 aliphatic rings. The Bertz CT molecular complexity index is 691. The number of hydrogen-bond donors (Lipinski definition) is 2. The van der Waals surface area contributed by atoms with E-state index in [9.17, 15) is 9.59 Å². The molecule has 1 heterocycles. The summed E-state index contributed by atoms with van der Waals surface area (Å²) in [7, 11) is 3.12. The molecule has 0 unspecified atom stereocenters. The molecule has 0 atom stereocenters. The number of rotatable bonds is 6. The van der Waals surface area contributed by atoms with Gasteiger partial charge >= 0.3 is 0 Å². The van der Waals surface area contributed by atoms with Gasteiger partial charge in [0.15, 0.2) is 17.3 Å². The van der Waals surface area contributed by atoms with Crippen LogP contribution in [0.3, 0.4) is 0 Å². The lowest BCUT2D eigenvalue weighted by Gasteiger charge is -2.10. The van der Waals surface area contributed by atoms with Crippen LogP contribution < -0.4 is 14.8 Å². The van der Waals surface area contributed by atoms with Crippen LogP contribution in [0.4, 0.5) is 0 Å². The molecule has 0 bridgehead atoms. The van der Waals surface area contributed by atoms with E-state index in [-0.39, 0.29) is 11.7 Å².